The Bertz CT molecular complexity index is 596. The first-order chi connectivity index (χ1) is 9.04. The van der Waals surface area contributed by atoms with Crippen LogP contribution in [0.5, 0.6) is 0 Å². The molecular formula is C15H13BrClNO. The fourth-order valence-corrected chi connectivity index (χ4v) is 2.09. The van der Waals surface area contributed by atoms with Gasteiger partial charge < -0.3 is 5.32 Å². The van der Waals surface area contributed by atoms with Gasteiger partial charge in [0.2, 0.25) is 5.91 Å². The number of aryl methyl sites for hydroxylation is 1. The van der Waals surface area contributed by atoms with Gasteiger partial charge >= 0.3 is 0 Å². The standard InChI is InChI=1S/C15H13BrClNO/c1-10-8-13(6-7-14(10)16)18-15(19)9-11-2-4-12(17)5-3-11/h2-8H,9H2,1H3,(H,18,19). The molecule has 1 N–H and O–H groups in total. The molecule has 2 aromatic carbocycles. The summed E-state index contributed by atoms with van der Waals surface area (Å²) >= 11 is 9.24. The van der Waals surface area contributed by atoms with Crippen molar-refractivity contribution >= 4 is 39.1 Å². The van der Waals surface area contributed by atoms with Crippen molar-refractivity contribution in [3.63, 3.8) is 0 Å². The van der Waals surface area contributed by atoms with Crippen molar-refractivity contribution < 1.29 is 4.79 Å². The normalized spacial score (nSPS) is 10.3. The fraction of sp³-hybridized carbons (Fsp3) is 0.133. The maximum atomic E-state index is 11.9. The predicted octanol–water partition coefficient (Wildman–Crippen LogP) is 4.59. The van der Waals surface area contributed by atoms with Crippen LogP contribution < -0.4 is 5.32 Å². The van der Waals surface area contributed by atoms with Gasteiger partial charge in [-0.3, -0.25) is 4.79 Å². The molecule has 0 aromatic heterocycles. The molecule has 0 saturated heterocycles. The van der Waals surface area contributed by atoms with Gasteiger partial charge in [-0.15, -0.1) is 0 Å². The summed E-state index contributed by atoms with van der Waals surface area (Å²) in [6.07, 6.45) is 0.340. The highest BCUT2D eigenvalue weighted by molar-refractivity contribution is 9.10. The number of hydrogen-bond donors (Lipinski definition) is 1. The summed E-state index contributed by atoms with van der Waals surface area (Å²) in [6.45, 7) is 1.99. The summed E-state index contributed by atoms with van der Waals surface area (Å²) in [6, 6.07) is 13.0. The van der Waals surface area contributed by atoms with Gasteiger partial charge in [-0.05, 0) is 48.4 Å². The molecule has 1 amide bonds. The van der Waals surface area contributed by atoms with E-state index in [1.54, 1.807) is 12.1 Å². The molecule has 0 fully saturated rings. The number of benzene rings is 2. The molecule has 2 aromatic rings. The molecule has 0 radical (unpaired) electrons. The summed E-state index contributed by atoms with van der Waals surface area (Å²) in [5.41, 5.74) is 2.83. The van der Waals surface area contributed by atoms with Gasteiger partial charge in [0, 0.05) is 15.2 Å². The van der Waals surface area contributed by atoms with Crippen molar-refractivity contribution in [3.05, 3.63) is 63.1 Å². The SMILES string of the molecule is Cc1cc(NC(=O)Cc2ccc(Cl)cc2)ccc1Br. The van der Waals surface area contributed by atoms with E-state index in [-0.39, 0.29) is 5.91 Å². The monoisotopic (exact) mass is 337 g/mol. The van der Waals surface area contributed by atoms with Crippen LogP contribution in [0.1, 0.15) is 11.1 Å². The zero-order valence-corrected chi connectivity index (χ0v) is 12.8. The summed E-state index contributed by atoms with van der Waals surface area (Å²) in [5.74, 6) is -0.0379. The number of amides is 1. The van der Waals surface area contributed by atoms with Crippen LogP contribution in [-0.2, 0) is 11.2 Å². The lowest BCUT2D eigenvalue weighted by Gasteiger charge is -2.07. The molecule has 0 atom stereocenters. The highest BCUT2D eigenvalue weighted by Gasteiger charge is 2.05. The van der Waals surface area contributed by atoms with Crippen LogP contribution in [0.25, 0.3) is 0 Å². The fourth-order valence-electron chi connectivity index (χ4n) is 1.72. The zero-order chi connectivity index (χ0) is 13.8. The first kappa shape index (κ1) is 14.1. The minimum absolute atomic E-state index is 0.0379. The number of nitrogens with one attached hydrogen (secondary N) is 1. The second-order valence-electron chi connectivity index (χ2n) is 4.32. The Hall–Kier alpha value is -1.32. The Morgan fingerprint density at radius 1 is 1.21 bits per heavy atom. The van der Waals surface area contributed by atoms with Gasteiger partial charge in [-0.25, -0.2) is 0 Å². The molecule has 98 valence electrons. The van der Waals surface area contributed by atoms with E-state index in [9.17, 15) is 4.79 Å². The Morgan fingerprint density at radius 2 is 1.89 bits per heavy atom. The van der Waals surface area contributed by atoms with E-state index in [0.29, 0.717) is 11.4 Å². The van der Waals surface area contributed by atoms with Crippen LogP contribution in [0, 0.1) is 6.92 Å². The average Bonchev–Trinajstić information content (AvgIpc) is 2.37. The molecular weight excluding hydrogens is 326 g/mol. The molecule has 0 aliphatic rings. The number of rotatable bonds is 3. The van der Waals surface area contributed by atoms with E-state index in [1.807, 2.05) is 37.3 Å². The summed E-state index contributed by atoms with van der Waals surface area (Å²) in [7, 11) is 0. The van der Waals surface area contributed by atoms with E-state index in [0.717, 1.165) is 21.3 Å². The van der Waals surface area contributed by atoms with E-state index in [1.165, 1.54) is 0 Å². The Morgan fingerprint density at radius 3 is 2.53 bits per heavy atom. The molecule has 0 saturated carbocycles. The van der Waals surface area contributed by atoms with Gasteiger partial charge in [0.15, 0.2) is 0 Å². The first-order valence-corrected chi connectivity index (χ1v) is 7.02. The molecule has 2 rings (SSSR count). The molecule has 4 heteroatoms. The molecule has 2 nitrogen and oxygen atoms in total. The summed E-state index contributed by atoms with van der Waals surface area (Å²) < 4.78 is 1.03. The number of carbonyl (C=O) groups is 1. The summed E-state index contributed by atoms with van der Waals surface area (Å²) in [5, 5.41) is 3.55. The van der Waals surface area contributed by atoms with Gasteiger partial charge in [-0.2, -0.15) is 0 Å². The third-order valence-corrected chi connectivity index (χ3v) is 3.86. The number of halogens is 2. The largest absolute Gasteiger partial charge is 0.326 e. The third-order valence-electron chi connectivity index (χ3n) is 2.72. The van der Waals surface area contributed by atoms with Crippen LogP contribution >= 0.6 is 27.5 Å². The van der Waals surface area contributed by atoms with Crippen LogP contribution in [0.15, 0.2) is 46.9 Å². The van der Waals surface area contributed by atoms with E-state index >= 15 is 0 Å². The van der Waals surface area contributed by atoms with Crippen molar-refractivity contribution in [1.29, 1.82) is 0 Å². The predicted molar refractivity (Wildman–Crippen MR) is 82.7 cm³/mol. The maximum absolute atomic E-state index is 11.9. The average molecular weight is 339 g/mol. The highest BCUT2D eigenvalue weighted by Crippen LogP contribution is 2.20. The Balaban J connectivity index is 2.01. The van der Waals surface area contributed by atoms with Crippen molar-refractivity contribution in [2.24, 2.45) is 0 Å². The molecule has 0 aliphatic heterocycles. The lowest BCUT2D eigenvalue weighted by Crippen LogP contribution is -2.14. The van der Waals surface area contributed by atoms with Gasteiger partial charge in [0.25, 0.3) is 0 Å². The third kappa shape index (κ3) is 4.08. The van der Waals surface area contributed by atoms with E-state index < -0.39 is 0 Å². The Labute approximate surface area is 125 Å². The van der Waals surface area contributed by atoms with Crippen LogP contribution in [0.4, 0.5) is 5.69 Å². The van der Waals surface area contributed by atoms with Crippen molar-refractivity contribution in [2.75, 3.05) is 5.32 Å². The quantitative estimate of drug-likeness (QED) is 0.871. The van der Waals surface area contributed by atoms with Crippen LogP contribution in [0.3, 0.4) is 0 Å². The van der Waals surface area contributed by atoms with Crippen LogP contribution in [0.2, 0.25) is 5.02 Å². The minimum Gasteiger partial charge on any atom is -0.326 e. The van der Waals surface area contributed by atoms with Crippen molar-refractivity contribution in [3.8, 4) is 0 Å². The number of hydrogen-bond acceptors (Lipinski definition) is 1. The number of anilines is 1. The van der Waals surface area contributed by atoms with E-state index in [4.69, 9.17) is 11.6 Å². The van der Waals surface area contributed by atoms with Crippen molar-refractivity contribution in [1.82, 2.24) is 0 Å². The lowest BCUT2D eigenvalue weighted by molar-refractivity contribution is -0.115. The van der Waals surface area contributed by atoms with Gasteiger partial charge in [0.05, 0.1) is 6.42 Å². The second kappa shape index (κ2) is 6.22. The minimum atomic E-state index is -0.0379. The Kier molecular flexibility index (Phi) is 4.61. The molecule has 0 aliphatic carbocycles. The van der Waals surface area contributed by atoms with E-state index in [2.05, 4.69) is 21.2 Å². The molecule has 0 unspecified atom stereocenters. The molecule has 0 spiro atoms. The topological polar surface area (TPSA) is 29.1 Å². The maximum Gasteiger partial charge on any atom is 0.228 e. The van der Waals surface area contributed by atoms with Gasteiger partial charge in [-0.1, -0.05) is 39.7 Å². The molecule has 0 heterocycles. The number of carbonyl (C=O) groups excluding carboxylic acids is 1. The lowest BCUT2D eigenvalue weighted by atomic mass is 10.1. The molecule has 0 bridgehead atoms. The van der Waals surface area contributed by atoms with Crippen LogP contribution in [-0.4, -0.2) is 5.91 Å². The van der Waals surface area contributed by atoms with Crippen molar-refractivity contribution in [2.45, 2.75) is 13.3 Å². The second-order valence-corrected chi connectivity index (χ2v) is 5.61. The smallest absolute Gasteiger partial charge is 0.228 e. The summed E-state index contributed by atoms with van der Waals surface area (Å²) in [4.78, 5) is 11.9. The zero-order valence-electron chi connectivity index (χ0n) is 10.4. The molecule has 19 heavy (non-hydrogen) atoms. The highest BCUT2D eigenvalue weighted by atomic mass is 79.9. The first-order valence-electron chi connectivity index (χ1n) is 5.85. The van der Waals surface area contributed by atoms with Gasteiger partial charge in [0.1, 0.15) is 0 Å².